The summed E-state index contributed by atoms with van der Waals surface area (Å²) in [6.07, 6.45) is 3.32. The lowest BCUT2D eigenvalue weighted by molar-refractivity contribution is -0.158. The van der Waals surface area contributed by atoms with Crippen LogP contribution in [0.15, 0.2) is 12.2 Å². The average Bonchev–Trinajstić information content (AvgIpc) is 3.11. The second-order valence-electron chi connectivity index (χ2n) is 9.79. The molecule has 1 saturated carbocycles. The molecule has 32 heavy (non-hydrogen) atoms. The molecular weight excluding hydrogens is 420 g/mol. The normalized spacial score (nSPS) is 35.1. The molecule has 2 aliphatic heterocycles. The van der Waals surface area contributed by atoms with E-state index in [1.165, 1.54) is 0 Å². The van der Waals surface area contributed by atoms with Crippen LogP contribution in [0.5, 0.6) is 0 Å². The molecule has 0 spiro atoms. The predicted molar refractivity (Wildman–Crippen MR) is 106 cm³/mol. The maximum absolute atomic E-state index is 13.3. The first-order chi connectivity index (χ1) is 14.9. The third kappa shape index (κ3) is 2.70. The molecule has 2 heterocycles. The molecule has 3 aliphatic carbocycles. The van der Waals surface area contributed by atoms with Crippen molar-refractivity contribution in [3.8, 4) is 0 Å². The van der Waals surface area contributed by atoms with Crippen molar-refractivity contribution in [2.24, 2.45) is 47.3 Å². The number of carbonyl (C=O) groups excluding carboxylic acids is 4. The van der Waals surface area contributed by atoms with Crippen molar-refractivity contribution < 1.29 is 39.0 Å². The maximum Gasteiger partial charge on any atom is 0.327 e. The van der Waals surface area contributed by atoms with Gasteiger partial charge in [-0.05, 0) is 11.8 Å². The molecule has 2 N–H and O–H groups in total. The van der Waals surface area contributed by atoms with Gasteiger partial charge in [-0.1, -0.05) is 39.8 Å². The fraction of sp³-hybridized carbons (Fsp3) is 0.636. The Balaban J connectivity index is 1.75. The standard InChI is InChI=1S/C22H26N2O8/c1-7(2)15(21(29)30)23-17(25)11-9-5-6-10(12(11)18(23)26)14-13(9)19(27)24(20(14)28)16(8(3)4)22(31)32/h5-16H,1-4H3,(H,29,30)(H,31,32)/t9?,10?,11-,12-,13-,14+,15+,16+/m0/s1. The lowest BCUT2D eigenvalue weighted by Crippen LogP contribution is -2.50. The first kappa shape index (κ1) is 22.2. The molecule has 0 aromatic carbocycles. The van der Waals surface area contributed by atoms with E-state index in [2.05, 4.69) is 0 Å². The molecule has 8 atom stereocenters. The number of hydrogen-bond donors (Lipinski definition) is 2. The fourth-order valence-electron chi connectivity index (χ4n) is 6.21. The number of nitrogens with zero attached hydrogens (tertiary/aromatic N) is 2. The van der Waals surface area contributed by atoms with Crippen molar-refractivity contribution in [3.63, 3.8) is 0 Å². The molecule has 0 aromatic rings. The van der Waals surface area contributed by atoms with E-state index < -0.39 is 95.0 Å². The lowest BCUT2D eigenvalue weighted by Gasteiger charge is -2.44. The Kier molecular flexibility index (Phi) is 5.02. The number of carbonyl (C=O) groups is 6. The monoisotopic (exact) mass is 446 g/mol. The van der Waals surface area contributed by atoms with Crippen LogP contribution in [0.3, 0.4) is 0 Å². The number of rotatable bonds is 6. The van der Waals surface area contributed by atoms with Gasteiger partial charge in [0.05, 0.1) is 23.7 Å². The fourth-order valence-corrected chi connectivity index (χ4v) is 6.21. The smallest absolute Gasteiger partial charge is 0.327 e. The molecule has 172 valence electrons. The molecule has 2 unspecified atom stereocenters. The number of imide groups is 2. The number of hydrogen-bond acceptors (Lipinski definition) is 6. The Bertz CT molecular complexity index is 849. The molecule has 4 amide bonds. The van der Waals surface area contributed by atoms with Gasteiger partial charge in [-0.3, -0.25) is 29.0 Å². The minimum absolute atomic E-state index is 0.521. The van der Waals surface area contributed by atoms with E-state index in [1.807, 2.05) is 0 Å². The van der Waals surface area contributed by atoms with Crippen molar-refractivity contribution in [3.05, 3.63) is 12.2 Å². The van der Waals surface area contributed by atoms with Crippen LogP contribution in [-0.4, -0.2) is 67.7 Å². The number of amides is 4. The Morgan fingerprint density at radius 1 is 0.656 bits per heavy atom. The predicted octanol–water partition coefficient (Wildman–Crippen LogP) is 0.223. The van der Waals surface area contributed by atoms with Crippen LogP contribution in [0.4, 0.5) is 0 Å². The Morgan fingerprint density at radius 3 is 1.09 bits per heavy atom. The highest BCUT2D eigenvalue weighted by Gasteiger charge is 2.70. The van der Waals surface area contributed by atoms with Crippen molar-refractivity contribution in [1.82, 2.24) is 9.80 Å². The van der Waals surface area contributed by atoms with Crippen LogP contribution in [0, 0.1) is 47.3 Å². The zero-order valence-electron chi connectivity index (χ0n) is 18.2. The van der Waals surface area contributed by atoms with Crippen molar-refractivity contribution in [2.45, 2.75) is 39.8 Å². The van der Waals surface area contributed by atoms with Crippen LogP contribution in [0.25, 0.3) is 0 Å². The molecular formula is C22H26N2O8. The van der Waals surface area contributed by atoms with Gasteiger partial charge in [-0.25, -0.2) is 9.59 Å². The Hall–Kier alpha value is -3.04. The SMILES string of the molecule is CC(C)[C@H](C(=O)O)N1C(=O)[C@@H]2C3C=CC([C@@H]2C1=O)[C@@H]1C(=O)N([C@@H](C(=O)O)C(C)C)C(=O)[C@@H]31. The Morgan fingerprint density at radius 2 is 0.906 bits per heavy atom. The highest BCUT2D eigenvalue weighted by atomic mass is 16.4. The summed E-state index contributed by atoms with van der Waals surface area (Å²) in [5, 5.41) is 19.3. The van der Waals surface area contributed by atoms with Crippen molar-refractivity contribution in [2.75, 3.05) is 0 Å². The molecule has 10 nitrogen and oxygen atoms in total. The van der Waals surface area contributed by atoms with E-state index in [1.54, 1.807) is 39.8 Å². The van der Waals surface area contributed by atoms with Gasteiger partial charge in [0, 0.05) is 11.8 Å². The summed E-state index contributed by atoms with van der Waals surface area (Å²) >= 11 is 0. The Labute approximate surface area is 184 Å². The zero-order valence-corrected chi connectivity index (χ0v) is 18.2. The minimum atomic E-state index is -1.33. The number of carboxylic acids is 2. The van der Waals surface area contributed by atoms with E-state index >= 15 is 0 Å². The summed E-state index contributed by atoms with van der Waals surface area (Å²) in [6, 6.07) is -2.67. The van der Waals surface area contributed by atoms with E-state index in [0.717, 1.165) is 9.80 Å². The van der Waals surface area contributed by atoms with Gasteiger partial charge in [-0.2, -0.15) is 0 Å². The van der Waals surface area contributed by atoms with E-state index in [-0.39, 0.29) is 0 Å². The van der Waals surface area contributed by atoms with Gasteiger partial charge in [-0.15, -0.1) is 0 Å². The summed E-state index contributed by atoms with van der Waals surface area (Å²) in [4.78, 5) is 78.5. The summed E-state index contributed by atoms with van der Waals surface area (Å²) in [5.41, 5.74) is 0. The van der Waals surface area contributed by atoms with E-state index in [9.17, 15) is 39.0 Å². The molecule has 3 fully saturated rings. The van der Waals surface area contributed by atoms with Gasteiger partial charge in [0.25, 0.3) is 0 Å². The van der Waals surface area contributed by atoms with E-state index in [0.29, 0.717) is 0 Å². The largest absolute Gasteiger partial charge is 0.480 e. The van der Waals surface area contributed by atoms with Gasteiger partial charge >= 0.3 is 11.9 Å². The molecule has 5 aliphatic rings. The number of carboxylic acid groups (broad SMARTS) is 2. The third-order valence-electron chi connectivity index (χ3n) is 7.40. The molecule has 2 bridgehead atoms. The highest BCUT2D eigenvalue weighted by molar-refractivity contribution is 6.13. The number of allylic oxidation sites excluding steroid dienone is 2. The lowest BCUT2D eigenvalue weighted by atomic mass is 9.54. The first-order valence-corrected chi connectivity index (χ1v) is 10.8. The summed E-state index contributed by atoms with van der Waals surface area (Å²) < 4.78 is 0. The molecule has 0 radical (unpaired) electrons. The van der Waals surface area contributed by atoms with Crippen LogP contribution in [-0.2, 0) is 28.8 Å². The third-order valence-corrected chi connectivity index (χ3v) is 7.40. The van der Waals surface area contributed by atoms with Crippen LogP contribution in [0.2, 0.25) is 0 Å². The van der Waals surface area contributed by atoms with Crippen molar-refractivity contribution >= 4 is 35.6 Å². The quantitative estimate of drug-likeness (QED) is 0.435. The summed E-state index contributed by atoms with van der Waals surface area (Å²) in [5.74, 6) is -11.4. The molecule has 2 saturated heterocycles. The second-order valence-corrected chi connectivity index (χ2v) is 9.79. The molecule has 5 rings (SSSR count). The maximum atomic E-state index is 13.3. The molecule has 0 aromatic heterocycles. The van der Waals surface area contributed by atoms with Crippen LogP contribution < -0.4 is 0 Å². The number of likely N-dealkylation sites (tertiary alicyclic amines) is 2. The minimum Gasteiger partial charge on any atom is -0.480 e. The summed E-state index contributed by atoms with van der Waals surface area (Å²) in [6.45, 7) is 6.41. The van der Waals surface area contributed by atoms with Gasteiger partial charge < -0.3 is 10.2 Å². The van der Waals surface area contributed by atoms with E-state index in [4.69, 9.17) is 0 Å². The van der Waals surface area contributed by atoms with Crippen LogP contribution >= 0.6 is 0 Å². The average molecular weight is 446 g/mol. The first-order valence-electron chi connectivity index (χ1n) is 10.8. The van der Waals surface area contributed by atoms with Gasteiger partial charge in [0.2, 0.25) is 23.6 Å². The number of aliphatic carboxylic acids is 2. The van der Waals surface area contributed by atoms with Gasteiger partial charge in [0.15, 0.2) is 0 Å². The molecule has 10 heteroatoms. The van der Waals surface area contributed by atoms with Crippen molar-refractivity contribution in [1.29, 1.82) is 0 Å². The topological polar surface area (TPSA) is 149 Å². The zero-order chi connectivity index (χ0) is 23.8. The van der Waals surface area contributed by atoms with Crippen LogP contribution in [0.1, 0.15) is 27.7 Å². The highest BCUT2D eigenvalue weighted by Crippen LogP contribution is 2.58. The van der Waals surface area contributed by atoms with Gasteiger partial charge in [0.1, 0.15) is 12.1 Å². The second kappa shape index (κ2) is 7.25. The summed E-state index contributed by atoms with van der Waals surface area (Å²) in [7, 11) is 0.